The van der Waals surface area contributed by atoms with Crippen LogP contribution in [0.1, 0.15) is 20.3 Å². The summed E-state index contributed by atoms with van der Waals surface area (Å²) >= 11 is 0. The zero-order chi connectivity index (χ0) is 12.2. The fourth-order valence-corrected chi connectivity index (χ4v) is 1.93. The van der Waals surface area contributed by atoms with Crippen LogP contribution < -0.4 is 0 Å². The molecule has 0 aromatic carbocycles. The molecule has 1 rings (SSSR count). The molecular formula is C11H21NO4. The molecule has 5 heteroatoms. The van der Waals surface area contributed by atoms with E-state index in [1.807, 2.05) is 13.8 Å². The molecule has 0 bridgehead atoms. The van der Waals surface area contributed by atoms with Gasteiger partial charge in [0.05, 0.1) is 31.3 Å². The minimum Gasteiger partial charge on any atom is -0.394 e. The largest absolute Gasteiger partial charge is 0.394 e. The molecule has 1 aliphatic rings. The number of methoxy groups -OCH3 is 1. The molecule has 1 heterocycles. The number of carbonyl (C=O) groups excluding carboxylic acids is 1. The first-order chi connectivity index (χ1) is 7.48. The molecule has 1 unspecified atom stereocenters. The molecule has 0 spiro atoms. The fourth-order valence-electron chi connectivity index (χ4n) is 1.93. The SMILES string of the molecule is COCCC(=O)N1CC(CO)OC(C)(C)C1. The van der Waals surface area contributed by atoms with Gasteiger partial charge in [0, 0.05) is 20.2 Å². The van der Waals surface area contributed by atoms with Crippen LogP contribution in [0.4, 0.5) is 0 Å². The van der Waals surface area contributed by atoms with E-state index in [4.69, 9.17) is 14.6 Å². The van der Waals surface area contributed by atoms with Gasteiger partial charge in [-0.25, -0.2) is 0 Å². The Labute approximate surface area is 96.3 Å². The van der Waals surface area contributed by atoms with E-state index in [0.717, 1.165) is 0 Å². The predicted molar refractivity (Wildman–Crippen MR) is 59.1 cm³/mol. The van der Waals surface area contributed by atoms with E-state index < -0.39 is 5.60 Å². The number of carbonyl (C=O) groups is 1. The number of aliphatic hydroxyl groups is 1. The number of morpholine rings is 1. The third-order valence-electron chi connectivity index (χ3n) is 2.56. The minimum atomic E-state index is -0.394. The molecule has 1 N–H and O–H groups in total. The van der Waals surface area contributed by atoms with E-state index in [-0.39, 0.29) is 18.6 Å². The maximum atomic E-state index is 11.8. The molecule has 0 saturated carbocycles. The monoisotopic (exact) mass is 231 g/mol. The van der Waals surface area contributed by atoms with Crippen molar-refractivity contribution in [1.29, 1.82) is 0 Å². The third-order valence-corrected chi connectivity index (χ3v) is 2.56. The van der Waals surface area contributed by atoms with Gasteiger partial charge in [-0.2, -0.15) is 0 Å². The second-order valence-electron chi connectivity index (χ2n) is 4.70. The van der Waals surface area contributed by atoms with Gasteiger partial charge in [-0.15, -0.1) is 0 Å². The van der Waals surface area contributed by atoms with E-state index in [1.165, 1.54) is 0 Å². The summed E-state index contributed by atoms with van der Waals surface area (Å²) in [5.41, 5.74) is -0.394. The molecule has 1 saturated heterocycles. The van der Waals surface area contributed by atoms with Crippen molar-refractivity contribution in [2.24, 2.45) is 0 Å². The number of hydrogen-bond acceptors (Lipinski definition) is 4. The van der Waals surface area contributed by atoms with E-state index in [9.17, 15) is 4.79 Å². The summed E-state index contributed by atoms with van der Waals surface area (Å²) in [4.78, 5) is 13.6. The van der Waals surface area contributed by atoms with Gasteiger partial charge in [-0.05, 0) is 13.8 Å². The van der Waals surface area contributed by atoms with Gasteiger partial charge in [0.2, 0.25) is 5.91 Å². The number of amides is 1. The standard InChI is InChI=1S/C11H21NO4/c1-11(2)8-12(6-9(7-13)16-11)10(14)4-5-15-3/h9,13H,4-8H2,1-3H3. The van der Waals surface area contributed by atoms with Gasteiger partial charge >= 0.3 is 0 Å². The smallest absolute Gasteiger partial charge is 0.225 e. The maximum absolute atomic E-state index is 11.8. The van der Waals surface area contributed by atoms with Crippen molar-refractivity contribution in [1.82, 2.24) is 4.90 Å². The Morgan fingerprint density at radius 1 is 1.62 bits per heavy atom. The lowest BCUT2D eigenvalue weighted by Crippen LogP contribution is -2.55. The van der Waals surface area contributed by atoms with E-state index in [0.29, 0.717) is 26.1 Å². The first kappa shape index (κ1) is 13.4. The lowest BCUT2D eigenvalue weighted by molar-refractivity contribution is -0.167. The van der Waals surface area contributed by atoms with Crippen LogP contribution in [0.25, 0.3) is 0 Å². The van der Waals surface area contributed by atoms with Crippen LogP contribution in [0.5, 0.6) is 0 Å². The summed E-state index contributed by atoms with van der Waals surface area (Å²) in [7, 11) is 1.58. The molecule has 5 nitrogen and oxygen atoms in total. The van der Waals surface area contributed by atoms with Crippen molar-refractivity contribution < 1.29 is 19.4 Å². The van der Waals surface area contributed by atoms with Crippen LogP contribution >= 0.6 is 0 Å². The summed E-state index contributed by atoms with van der Waals surface area (Å²) in [5, 5.41) is 9.11. The van der Waals surface area contributed by atoms with Crippen molar-refractivity contribution in [2.45, 2.75) is 32.0 Å². The van der Waals surface area contributed by atoms with Gasteiger partial charge < -0.3 is 19.5 Å². The minimum absolute atomic E-state index is 0.0525. The van der Waals surface area contributed by atoms with E-state index in [2.05, 4.69) is 0 Å². The first-order valence-electron chi connectivity index (χ1n) is 5.54. The Bertz CT molecular complexity index is 242. The van der Waals surface area contributed by atoms with Gasteiger partial charge in [0.25, 0.3) is 0 Å². The normalized spacial score (nSPS) is 24.5. The second-order valence-corrected chi connectivity index (χ2v) is 4.70. The van der Waals surface area contributed by atoms with Gasteiger partial charge in [-0.3, -0.25) is 4.79 Å². The van der Waals surface area contributed by atoms with Crippen LogP contribution in [-0.4, -0.2) is 61.0 Å². The maximum Gasteiger partial charge on any atom is 0.225 e. The van der Waals surface area contributed by atoms with Gasteiger partial charge in [0.15, 0.2) is 0 Å². The summed E-state index contributed by atoms with van der Waals surface area (Å²) < 4.78 is 10.5. The lowest BCUT2D eigenvalue weighted by atomic mass is 10.0. The number of aliphatic hydroxyl groups excluding tert-OH is 1. The highest BCUT2D eigenvalue weighted by atomic mass is 16.5. The topological polar surface area (TPSA) is 59.0 Å². The van der Waals surface area contributed by atoms with Crippen molar-refractivity contribution in [3.05, 3.63) is 0 Å². The predicted octanol–water partition coefficient (Wildman–Crippen LogP) is 0.0212. The van der Waals surface area contributed by atoms with Crippen LogP contribution in [0, 0.1) is 0 Å². The fraction of sp³-hybridized carbons (Fsp3) is 0.909. The van der Waals surface area contributed by atoms with Crippen LogP contribution in [0.3, 0.4) is 0 Å². The molecule has 0 radical (unpaired) electrons. The van der Waals surface area contributed by atoms with Crippen molar-refractivity contribution >= 4 is 5.91 Å². The number of hydrogen-bond donors (Lipinski definition) is 1. The summed E-state index contributed by atoms with van der Waals surface area (Å²) in [6.45, 7) is 5.24. The van der Waals surface area contributed by atoms with E-state index >= 15 is 0 Å². The van der Waals surface area contributed by atoms with Crippen molar-refractivity contribution in [3.63, 3.8) is 0 Å². The molecule has 1 atom stereocenters. The van der Waals surface area contributed by atoms with E-state index in [1.54, 1.807) is 12.0 Å². The molecule has 0 aromatic heterocycles. The lowest BCUT2D eigenvalue weighted by Gasteiger charge is -2.42. The zero-order valence-electron chi connectivity index (χ0n) is 10.2. The highest BCUT2D eigenvalue weighted by Gasteiger charge is 2.34. The average Bonchev–Trinajstić information content (AvgIpc) is 2.23. The molecule has 1 aliphatic heterocycles. The summed E-state index contributed by atoms with van der Waals surface area (Å²) in [5.74, 6) is 0.0525. The van der Waals surface area contributed by atoms with Crippen LogP contribution in [0.2, 0.25) is 0 Å². The second kappa shape index (κ2) is 5.61. The molecular weight excluding hydrogens is 210 g/mol. The van der Waals surface area contributed by atoms with Gasteiger partial charge in [0.1, 0.15) is 0 Å². The average molecular weight is 231 g/mol. The Kier molecular flexibility index (Phi) is 4.70. The highest BCUT2D eigenvalue weighted by Crippen LogP contribution is 2.21. The summed E-state index contributed by atoms with van der Waals surface area (Å²) in [6, 6.07) is 0. The molecule has 1 fully saturated rings. The highest BCUT2D eigenvalue weighted by molar-refractivity contribution is 5.76. The number of rotatable bonds is 4. The zero-order valence-corrected chi connectivity index (χ0v) is 10.2. The Morgan fingerprint density at radius 2 is 2.31 bits per heavy atom. The van der Waals surface area contributed by atoms with Crippen LogP contribution in [0.15, 0.2) is 0 Å². The number of ether oxygens (including phenoxy) is 2. The molecule has 0 aromatic rings. The van der Waals surface area contributed by atoms with Crippen molar-refractivity contribution in [3.8, 4) is 0 Å². The molecule has 0 aliphatic carbocycles. The Hall–Kier alpha value is -0.650. The Morgan fingerprint density at radius 3 is 2.88 bits per heavy atom. The number of nitrogens with zero attached hydrogens (tertiary/aromatic N) is 1. The molecule has 16 heavy (non-hydrogen) atoms. The third kappa shape index (κ3) is 3.73. The van der Waals surface area contributed by atoms with Crippen LogP contribution in [-0.2, 0) is 14.3 Å². The Balaban J connectivity index is 2.55. The molecule has 94 valence electrons. The quantitative estimate of drug-likeness (QED) is 0.741. The van der Waals surface area contributed by atoms with Crippen molar-refractivity contribution in [2.75, 3.05) is 33.4 Å². The van der Waals surface area contributed by atoms with Gasteiger partial charge in [-0.1, -0.05) is 0 Å². The summed E-state index contributed by atoms with van der Waals surface area (Å²) in [6.07, 6.45) is 0.0975. The first-order valence-corrected chi connectivity index (χ1v) is 5.54. The molecule has 1 amide bonds.